The van der Waals surface area contributed by atoms with Gasteiger partial charge < -0.3 is 15.0 Å². The molecule has 2 saturated heterocycles. The zero-order valence-corrected chi connectivity index (χ0v) is 18.2. The van der Waals surface area contributed by atoms with Gasteiger partial charge in [0.25, 0.3) is 5.91 Å². The summed E-state index contributed by atoms with van der Waals surface area (Å²) in [5, 5.41) is 2.92. The number of hydrogen-bond acceptors (Lipinski definition) is 5. The second-order valence-corrected chi connectivity index (χ2v) is 9.78. The van der Waals surface area contributed by atoms with Crippen molar-refractivity contribution in [1.29, 1.82) is 0 Å². The van der Waals surface area contributed by atoms with Crippen LogP contribution in [0.3, 0.4) is 0 Å². The van der Waals surface area contributed by atoms with Crippen molar-refractivity contribution < 1.29 is 17.9 Å². The van der Waals surface area contributed by atoms with Crippen molar-refractivity contribution in [3.8, 4) is 5.75 Å². The van der Waals surface area contributed by atoms with Crippen LogP contribution in [-0.4, -0.2) is 69.9 Å². The molecule has 2 heterocycles. The zero-order chi connectivity index (χ0) is 20.7. The minimum atomic E-state index is -3.59. The van der Waals surface area contributed by atoms with Gasteiger partial charge in [0.05, 0.1) is 17.6 Å². The summed E-state index contributed by atoms with van der Waals surface area (Å²) in [5.74, 6) is 0.0901. The molecule has 0 aromatic heterocycles. The molecule has 0 aliphatic carbocycles. The average molecular weight is 424 g/mol. The summed E-state index contributed by atoms with van der Waals surface area (Å²) in [6, 6.07) is 4.54. The Hall–Kier alpha value is -1.64. The van der Waals surface area contributed by atoms with Gasteiger partial charge in [0.15, 0.2) is 0 Å². The highest BCUT2D eigenvalue weighted by Crippen LogP contribution is 2.26. The van der Waals surface area contributed by atoms with Gasteiger partial charge in [-0.3, -0.25) is 4.79 Å². The van der Waals surface area contributed by atoms with E-state index in [1.165, 1.54) is 42.8 Å². The second kappa shape index (κ2) is 10.4. The third-order valence-electron chi connectivity index (χ3n) is 5.75. The highest BCUT2D eigenvalue weighted by atomic mass is 32.2. The Kier molecular flexibility index (Phi) is 7.91. The van der Waals surface area contributed by atoms with Crippen LogP contribution >= 0.6 is 0 Å². The molecular formula is C21H33N3O4S. The van der Waals surface area contributed by atoms with Crippen molar-refractivity contribution in [3.05, 3.63) is 23.8 Å². The van der Waals surface area contributed by atoms with Gasteiger partial charge in [-0.2, -0.15) is 4.31 Å². The average Bonchev–Trinajstić information content (AvgIpc) is 2.77. The summed E-state index contributed by atoms with van der Waals surface area (Å²) in [6.45, 7) is 4.87. The lowest BCUT2D eigenvalue weighted by Gasteiger charge is -2.26. The lowest BCUT2D eigenvalue weighted by molar-refractivity contribution is 0.0948. The van der Waals surface area contributed by atoms with E-state index in [1.54, 1.807) is 6.07 Å². The third-order valence-corrected chi connectivity index (χ3v) is 7.65. The molecule has 0 bridgehead atoms. The van der Waals surface area contributed by atoms with Gasteiger partial charge in [-0.15, -0.1) is 0 Å². The van der Waals surface area contributed by atoms with Crippen LogP contribution < -0.4 is 10.1 Å². The maximum absolute atomic E-state index is 12.9. The van der Waals surface area contributed by atoms with Crippen LogP contribution in [0.1, 0.15) is 55.3 Å². The van der Waals surface area contributed by atoms with Gasteiger partial charge in [-0.05, 0) is 69.9 Å². The molecule has 7 nitrogen and oxygen atoms in total. The number of sulfonamides is 1. The monoisotopic (exact) mass is 423 g/mol. The van der Waals surface area contributed by atoms with Crippen LogP contribution in [0.25, 0.3) is 0 Å². The predicted octanol–water partition coefficient (Wildman–Crippen LogP) is 2.48. The maximum Gasteiger partial charge on any atom is 0.255 e. The third kappa shape index (κ3) is 5.71. The molecule has 1 N–H and O–H groups in total. The van der Waals surface area contributed by atoms with E-state index in [2.05, 4.69) is 10.2 Å². The highest BCUT2D eigenvalue weighted by Gasteiger charge is 2.27. The van der Waals surface area contributed by atoms with E-state index in [1.807, 2.05) is 0 Å². The highest BCUT2D eigenvalue weighted by molar-refractivity contribution is 7.89. The molecule has 2 fully saturated rings. The molecule has 0 radical (unpaired) electrons. The number of rotatable bonds is 8. The van der Waals surface area contributed by atoms with Crippen molar-refractivity contribution in [2.75, 3.05) is 46.4 Å². The zero-order valence-electron chi connectivity index (χ0n) is 17.4. The molecular weight excluding hydrogens is 390 g/mol. The van der Waals surface area contributed by atoms with Crippen molar-refractivity contribution in [2.45, 2.75) is 49.8 Å². The molecule has 0 unspecified atom stereocenters. The number of piperidine rings is 2. The van der Waals surface area contributed by atoms with Crippen LogP contribution in [0, 0.1) is 0 Å². The molecule has 2 aliphatic heterocycles. The fourth-order valence-electron chi connectivity index (χ4n) is 4.06. The van der Waals surface area contributed by atoms with E-state index in [9.17, 15) is 13.2 Å². The second-order valence-electron chi connectivity index (χ2n) is 7.84. The quantitative estimate of drug-likeness (QED) is 0.650. The Morgan fingerprint density at radius 2 is 1.69 bits per heavy atom. The van der Waals surface area contributed by atoms with E-state index in [4.69, 9.17) is 4.74 Å². The number of ether oxygens (including phenoxy) is 1. The summed E-state index contributed by atoms with van der Waals surface area (Å²) < 4.78 is 32.7. The van der Waals surface area contributed by atoms with Gasteiger partial charge in [-0.1, -0.05) is 12.8 Å². The summed E-state index contributed by atoms with van der Waals surface area (Å²) in [4.78, 5) is 15.3. The molecule has 1 amide bonds. The first-order valence-corrected chi connectivity index (χ1v) is 12.1. The summed E-state index contributed by atoms with van der Waals surface area (Å²) in [7, 11) is -2.10. The number of hydrogen-bond donors (Lipinski definition) is 1. The van der Waals surface area contributed by atoms with Gasteiger partial charge in [0, 0.05) is 19.6 Å². The van der Waals surface area contributed by atoms with E-state index >= 15 is 0 Å². The van der Waals surface area contributed by atoms with E-state index in [0.29, 0.717) is 25.4 Å². The van der Waals surface area contributed by atoms with Crippen molar-refractivity contribution in [3.63, 3.8) is 0 Å². The molecule has 1 aromatic rings. The molecule has 0 atom stereocenters. The maximum atomic E-state index is 12.9. The molecule has 162 valence electrons. The Morgan fingerprint density at radius 3 is 2.34 bits per heavy atom. The summed E-state index contributed by atoms with van der Waals surface area (Å²) in [5.41, 5.74) is 0.267. The Balaban J connectivity index is 1.63. The molecule has 8 heteroatoms. The van der Waals surface area contributed by atoms with E-state index in [0.717, 1.165) is 45.3 Å². The summed E-state index contributed by atoms with van der Waals surface area (Å²) >= 11 is 0. The minimum Gasteiger partial charge on any atom is -0.496 e. The topological polar surface area (TPSA) is 79.0 Å². The molecule has 29 heavy (non-hydrogen) atoms. The number of nitrogens with one attached hydrogen (secondary N) is 1. The fourth-order valence-corrected chi connectivity index (χ4v) is 5.61. The predicted molar refractivity (Wildman–Crippen MR) is 113 cm³/mol. The number of carbonyl (C=O) groups excluding carboxylic acids is 1. The first-order valence-electron chi connectivity index (χ1n) is 10.7. The standard InChI is InChI=1S/C21H33N3O4S/c1-28-20-10-9-18(29(26,27)24-15-6-3-7-16-24)17-19(20)21(25)22-11-8-14-23-12-4-2-5-13-23/h9-10,17H,2-8,11-16H2,1H3,(H,22,25). The van der Waals surface area contributed by atoms with Crippen LogP contribution in [-0.2, 0) is 10.0 Å². The van der Waals surface area contributed by atoms with Crippen LogP contribution in [0.2, 0.25) is 0 Å². The van der Waals surface area contributed by atoms with Gasteiger partial charge in [-0.25, -0.2) is 8.42 Å². The largest absolute Gasteiger partial charge is 0.496 e. The summed E-state index contributed by atoms with van der Waals surface area (Å²) in [6.07, 6.45) is 7.49. The van der Waals surface area contributed by atoms with Crippen LogP contribution in [0.4, 0.5) is 0 Å². The van der Waals surface area contributed by atoms with Crippen molar-refractivity contribution in [1.82, 2.24) is 14.5 Å². The Morgan fingerprint density at radius 1 is 1.03 bits per heavy atom. The van der Waals surface area contributed by atoms with Gasteiger partial charge in [0.1, 0.15) is 5.75 Å². The van der Waals surface area contributed by atoms with E-state index < -0.39 is 10.0 Å². The number of carbonyl (C=O) groups is 1. The number of benzene rings is 1. The Labute approximate surface area is 174 Å². The van der Waals surface area contributed by atoms with Crippen molar-refractivity contribution >= 4 is 15.9 Å². The first kappa shape index (κ1) is 22.1. The van der Waals surface area contributed by atoms with Gasteiger partial charge in [0.2, 0.25) is 10.0 Å². The lowest BCUT2D eigenvalue weighted by Crippen LogP contribution is -2.36. The molecule has 3 rings (SSSR count). The number of amides is 1. The smallest absolute Gasteiger partial charge is 0.255 e. The molecule has 0 saturated carbocycles. The molecule has 2 aliphatic rings. The Bertz CT molecular complexity index is 785. The van der Waals surface area contributed by atoms with Gasteiger partial charge >= 0.3 is 0 Å². The fraction of sp³-hybridized carbons (Fsp3) is 0.667. The first-order chi connectivity index (χ1) is 14.0. The molecule has 0 spiro atoms. The minimum absolute atomic E-state index is 0.152. The number of nitrogens with zero attached hydrogens (tertiary/aromatic N) is 2. The number of likely N-dealkylation sites (tertiary alicyclic amines) is 1. The lowest BCUT2D eigenvalue weighted by atomic mass is 10.1. The van der Waals surface area contributed by atoms with E-state index in [-0.39, 0.29) is 16.4 Å². The molecule has 1 aromatic carbocycles. The van der Waals surface area contributed by atoms with Crippen molar-refractivity contribution in [2.24, 2.45) is 0 Å². The van der Waals surface area contributed by atoms with Crippen LogP contribution in [0.5, 0.6) is 5.75 Å². The SMILES string of the molecule is COc1ccc(S(=O)(=O)N2CCCCC2)cc1C(=O)NCCCN1CCCCC1. The van der Waals surface area contributed by atoms with Crippen LogP contribution in [0.15, 0.2) is 23.1 Å². The normalized spacial score (nSPS) is 19.1. The number of methoxy groups -OCH3 is 1.